The predicted octanol–water partition coefficient (Wildman–Crippen LogP) is 13.6. The Morgan fingerprint density at radius 2 is 1.02 bits per heavy atom. The molecule has 3 heterocycles. The van der Waals surface area contributed by atoms with E-state index >= 15 is 4.57 Å². The molecular formula is C59H36NOP. The number of nitrogens with zero attached hydrogens (tertiary/aromatic N) is 1. The minimum Gasteiger partial charge on any atom is -0.309 e. The molecule has 3 aliphatic rings. The lowest BCUT2D eigenvalue weighted by Crippen LogP contribution is -2.33. The first-order valence-electron chi connectivity index (χ1n) is 21.4. The molecule has 2 aliphatic heterocycles. The topological polar surface area (TPSA) is 22.0 Å². The van der Waals surface area contributed by atoms with Gasteiger partial charge in [0, 0.05) is 26.7 Å². The monoisotopic (exact) mass is 805 g/mol. The maximum absolute atomic E-state index is 16.0. The Bertz CT molecular complexity index is 3780. The van der Waals surface area contributed by atoms with Gasteiger partial charge < -0.3 is 9.13 Å². The summed E-state index contributed by atoms with van der Waals surface area (Å²) in [5, 5.41) is 7.72. The van der Waals surface area contributed by atoms with Crippen LogP contribution in [0.2, 0.25) is 0 Å². The summed E-state index contributed by atoms with van der Waals surface area (Å²) in [4.78, 5) is 0. The van der Waals surface area contributed by atoms with E-state index in [1.807, 2.05) is 36.4 Å². The number of rotatable bonds is 3. The Labute approximate surface area is 359 Å². The molecule has 1 aromatic heterocycles. The first-order chi connectivity index (χ1) is 30.6. The first kappa shape index (κ1) is 34.2. The SMILES string of the molecule is O=[P@@]1(c2ccccc2)c2ccccc2-c2cc3c(cc21)-c1ccc(-c2ccc(-c4ccc5ccccc5c4)cc2)cc1C31c2ccccc2-n2c3ccccc3c3cccc1c32. The second kappa shape index (κ2) is 12.3. The Kier molecular flexibility index (Phi) is 6.79. The highest BCUT2D eigenvalue weighted by molar-refractivity contribution is 7.86. The summed E-state index contributed by atoms with van der Waals surface area (Å²) >= 11 is 0. The Morgan fingerprint density at radius 1 is 0.371 bits per heavy atom. The lowest BCUT2D eigenvalue weighted by Gasteiger charge is -2.40. The normalized spacial score (nSPS) is 17.5. The molecule has 0 radical (unpaired) electrons. The second-order valence-electron chi connectivity index (χ2n) is 17.1. The first-order valence-corrected chi connectivity index (χ1v) is 23.1. The van der Waals surface area contributed by atoms with E-state index in [1.54, 1.807) is 0 Å². The van der Waals surface area contributed by atoms with Crippen LogP contribution in [0.15, 0.2) is 218 Å². The van der Waals surface area contributed by atoms with E-state index in [9.17, 15) is 0 Å². The molecule has 1 spiro atoms. The van der Waals surface area contributed by atoms with Crippen LogP contribution in [-0.4, -0.2) is 4.57 Å². The smallest absolute Gasteiger partial charge is 0.172 e. The van der Waals surface area contributed by atoms with Gasteiger partial charge in [-0.15, -0.1) is 0 Å². The Morgan fingerprint density at radius 3 is 1.89 bits per heavy atom. The van der Waals surface area contributed by atoms with Gasteiger partial charge in [0.25, 0.3) is 0 Å². The van der Waals surface area contributed by atoms with Crippen LogP contribution in [0.5, 0.6) is 0 Å². The molecule has 0 saturated carbocycles. The molecule has 288 valence electrons. The van der Waals surface area contributed by atoms with Crippen molar-refractivity contribution in [1.82, 2.24) is 4.57 Å². The number of hydrogen-bond acceptors (Lipinski definition) is 1. The molecule has 14 rings (SSSR count). The average Bonchev–Trinajstić information content (AvgIpc) is 3.92. The molecule has 10 aromatic carbocycles. The minimum atomic E-state index is -3.19. The molecular weight excluding hydrogens is 770 g/mol. The molecule has 11 aromatic rings. The lowest BCUT2D eigenvalue weighted by atomic mass is 9.65. The van der Waals surface area contributed by atoms with Crippen molar-refractivity contribution in [3.8, 4) is 50.2 Å². The van der Waals surface area contributed by atoms with E-state index < -0.39 is 12.6 Å². The van der Waals surface area contributed by atoms with Gasteiger partial charge in [0.2, 0.25) is 0 Å². The highest BCUT2D eigenvalue weighted by Gasteiger charge is 2.53. The summed E-state index contributed by atoms with van der Waals surface area (Å²) in [6.07, 6.45) is 0. The van der Waals surface area contributed by atoms with Gasteiger partial charge in [0.05, 0.1) is 22.1 Å². The van der Waals surface area contributed by atoms with Crippen LogP contribution in [0, 0.1) is 0 Å². The fourth-order valence-corrected chi connectivity index (χ4v) is 14.6. The summed E-state index contributed by atoms with van der Waals surface area (Å²) in [7, 11) is -3.19. The van der Waals surface area contributed by atoms with Gasteiger partial charge in [-0.3, -0.25) is 0 Å². The van der Waals surface area contributed by atoms with Crippen molar-refractivity contribution in [2.75, 3.05) is 0 Å². The van der Waals surface area contributed by atoms with Gasteiger partial charge in [-0.2, -0.15) is 0 Å². The van der Waals surface area contributed by atoms with Crippen LogP contribution < -0.4 is 15.9 Å². The molecule has 2 nitrogen and oxygen atoms in total. The predicted molar refractivity (Wildman–Crippen MR) is 258 cm³/mol. The van der Waals surface area contributed by atoms with Crippen LogP contribution in [0.1, 0.15) is 22.3 Å². The van der Waals surface area contributed by atoms with Crippen molar-refractivity contribution < 1.29 is 4.57 Å². The van der Waals surface area contributed by atoms with Gasteiger partial charge >= 0.3 is 0 Å². The zero-order valence-corrected chi connectivity index (χ0v) is 34.5. The summed E-state index contributed by atoms with van der Waals surface area (Å²) in [5.74, 6) is 0. The summed E-state index contributed by atoms with van der Waals surface area (Å²) < 4.78 is 18.5. The highest BCUT2D eigenvalue weighted by Crippen LogP contribution is 2.63. The summed E-state index contributed by atoms with van der Waals surface area (Å²) in [6.45, 7) is 0. The van der Waals surface area contributed by atoms with E-state index in [0.717, 1.165) is 32.6 Å². The van der Waals surface area contributed by atoms with E-state index in [1.165, 1.54) is 88.3 Å². The standard InChI is InChI=1S/C59H36NOP/c61-62(43-15-2-1-3-16-43)56-24-11-7-18-46(56)49-35-53-48(36-57(49)62)44-32-31-42(39-27-25-38(26-28-39)41-30-29-37-13-4-5-14-40(37)33-41)34-52(44)59(53)50-20-8-10-23-55(50)60-54-22-9-6-17-45(54)47-19-12-21-51(59)58(47)60/h1-36H/t59?,62-/m0/s1. The van der Waals surface area contributed by atoms with Crippen molar-refractivity contribution in [1.29, 1.82) is 0 Å². The largest absolute Gasteiger partial charge is 0.309 e. The van der Waals surface area contributed by atoms with Crippen molar-refractivity contribution in [2.45, 2.75) is 5.41 Å². The second-order valence-corrected chi connectivity index (χ2v) is 19.8. The number of hydrogen-bond donors (Lipinski definition) is 0. The molecule has 0 bridgehead atoms. The molecule has 0 N–H and O–H groups in total. The maximum Gasteiger partial charge on any atom is 0.172 e. The van der Waals surface area contributed by atoms with Crippen LogP contribution in [0.3, 0.4) is 0 Å². The quantitative estimate of drug-likeness (QED) is 0.163. The van der Waals surface area contributed by atoms with E-state index in [2.05, 4.69) is 187 Å². The van der Waals surface area contributed by atoms with E-state index in [0.29, 0.717) is 0 Å². The van der Waals surface area contributed by atoms with Crippen LogP contribution in [0.25, 0.3) is 82.8 Å². The highest BCUT2D eigenvalue weighted by atomic mass is 31.2. The van der Waals surface area contributed by atoms with Gasteiger partial charge in [-0.05, 0) is 114 Å². The maximum atomic E-state index is 16.0. The van der Waals surface area contributed by atoms with E-state index in [-0.39, 0.29) is 0 Å². The number of aromatic nitrogens is 1. The zero-order chi connectivity index (χ0) is 40.7. The summed E-state index contributed by atoms with van der Waals surface area (Å²) in [5.41, 5.74) is 17.2. The number of fused-ring (bicyclic) bond motifs is 16. The number of benzene rings is 10. The Balaban J connectivity index is 1.06. The zero-order valence-electron chi connectivity index (χ0n) is 33.6. The van der Waals surface area contributed by atoms with Gasteiger partial charge in [0.15, 0.2) is 7.14 Å². The lowest BCUT2D eigenvalue weighted by molar-refractivity contribution is 0.593. The van der Waals surface area contributed by atoms with Crippen LogP contribution in [0.4, 0.5) is 0 Å². The van der Waals surface area contributed by atoms with Gasteiger partial charge in [-0.25, -0.2) is 0 Å². The minimum absolute atomic E-state index is 0.657. The van der Waals surface area contributed by atoms with Crippen LogP contribution in [-0.2, 0) is 9.98 Å². The van der Waals surface area contributed by atoms with Crippen molar-refractivity contribution in [2.24, 2.45) is 0 Å². The molecule has 2 atom stereocenters. The molecule has 0 saturated heterocycles. The summed E-state index contributed by atoms with van der Waals surface area (Å²) in [6, 6.07) is 79.5. The van der Waals surface area contributed by atoms with E-state index in [4.69, 9.17) is 0 Å². The molecule has 1 aliphatic carbocycles. The third-order valence-electron chi connectivity index (χ3n) is 14.2. The van der Waals surface area contributed by atoms with Crippen molar-refractivity contribution >= 4 is 55.6 Å². The molecule has 3 heteroatoms. The van der Waals surface area contributed by atoms with Crippen molar-refractivity contribution in [3.63, 3.8) is 0 Å². The molecule has 62 heavy (non-hydrogen) atoms. The Hall–Kier alpha value is -7.51. The third-order valence-corrected chi connectivity index (χ3v) is 17.3. The van der Waals surface area contributed by atoms with Gasteiger partial charge in [-0.1, -0.05) is 182 Å². The molecule has 0 fully saturated rings. The molecule has 1 unspecified atom stereocenters. The van der Waals surface area contributed by atoms with Gasteiger partial charge in [0.1, 0.15) is 0 Å². The van der Waals surface area contributed by atoms with Crippen molar-refractivity contribution in [3.05, 3.63) is 241 Å². The molecule has 0 amide bonds. The fourth-order valence-electron chi connectivity index (χ4n) is 11.5. The average molecular weight is 806 g/mol. The van der Waals surface area contributed by atoms with Crippen LogP contribution >= 0.6 is 7.14 Å². The number of para-hydroxylation sites is 3. The third kappa shape index (κ3) is 4.27. The fraction of sp³-hybridized carbons (Fsp3) is 0.0169.